The Bertz CT molecular complexity index is 398. The van der Waals surface area contributed by atoms with Crippen LogP contribution in [0, 0.1) is 0 Å². The fourth-order valence-electron chi connectivity index (χ4n) is 1.14. The summed E-state index contributed by atoms with van der Waals surface area (Å²) in [5, 5.41) is 0. The van der Waals surface area contributed by atoms with Crippen molar-refractivity contribution in [3.63, 3.8) is 0 Å². The van der Waals surface area contributed by atoms with E-state index in [4.69, 9.17) is 22.2 Å². The molecule has 0 rings (SSSR count). The maximum atomic E-state index is 13.1. The Morgan fingerprint density at radius 3 is 1.32 bits per heavy atom. The normalized spacial score (nSPS) is 16.1. The maximum Gasteiger partial charge on any atom is 0.460 e. The van der Waals surface area contributed by atoms with Gasteiger partial charge in [0.25, 0.3) is 0 Å². The van der Waals surface area contributed by atoms with Crippen molar-refractivity contribution in [2.75, 3.05) is 0 Å². The number of hydrogen-bond donors (Lipinski definition) is 0. The summed E-state index contributed by atoms with van der Waals surface area (Å²) in [4.78, 5) is 0. The molecule has 134 valence electrons. The molecule has 0 aromatic heterocycles. The van der Waals surface area contributed by atoms with E-state index in [0.717, 1.165) is 6.55 Å². The Hall–Kier alpha value is 0.0269. The summed E-state index contributed by atoms with van der Waals surface area (Å²) in [6, 6.07) is -1.13. The minimum absolute atomic E-state index is 0.937. The van der Waals surface area contributed by atoms with E-state index in [-0.39, 0.29) is 0 Å². The Morgan fingerprint density at radius 1 is 0.682 bits per heavy atom. The van der Waals surface area contributed by atoms with Crippen molar-refractivity contribution in [3.05, 3.63) is 0 Å². The Morgan fingerprint density at radius 2 is 1.05 bits per heavy atom. The molecule has 0 bridgehead atoms. The molecule has 0 saturated heterocycles. The first-order valence-electron chi connectivity index (χ1n) is 5.16. The molecule has 0 aromatic rings. The predicted molar refractivity (Wildman–Crippen MR) is 58.6 cm³/mol. The van der Waals surface area contributed by atoms with Gasteiger partial charge in [-0.2, -0.15) is 48.3 Å². The van der Waals surface area contributed by atoms with Gasteiger partial charge in [-0.3, -0.25) is 0 Å². The predicted octanol–water partition coefficient (Wildman–Crippen LogP) is 6.03. The van der Waals surface area contributed by atoms with Gasteiger partial charge in [-0.25, -0.2) is 0 Å². The van der Waals surface area contributed by atoms with E-state index < -0.39 is 49.0 Å². The fraction of sp³-hybridized carbons (Fsp3) is 1.00. The van der Waals surface area contributed by atoms with Gasteiger partial charge < -0.3 is 0 Å². The van der Waals surface area contributed by atoms with Crippen molar-refractivity contribution in [1.82, 2.24) is 0 Å². The van der Waals surface area contributed by atoms with Gasteiger partial charge in [-0.05, 0) is 12.6 Å². The summed E-state index contributed by atoms with van der Waals surface area (Å²) in [5.74, 6) is -27.6. The molecule has 0 aromatic carbocycles. The maximum absolute atomic E-state index is 13.1. The largest absolute Gasteiger partial charge is 0.460 e. The highest BCUT2D eigenvalue weighted by molar-refractivity contribution is 7.44. The molecule has 0 aliphatic rings. The van der Waals surface area contributed by atoms with Crippen LogP contribution in [0.5, 0.6) is 0 Å². The molecule has 0 spiro atoms. The van der Waals surface area contributed by atoms with Gasteiger partial charge in [-0.1, -0.05) is 0 Å². The van der Waals surface area contributed by atoms with E-state index in [0.29, 0.717) is 0 Å². The monoisotopic (exact) mass is 410 g/mol. The third-order valence-corrected chi connectivity index (χ3v) is 4.74. The molecular weight excluding hydrogens is 404 g/mol. The second-order valence-electron chi connectivity index (χ2n) is 4.50. The first-order valence-corrected chi connectivity index (χ1v) is 9.89. The summed E-state index contributed by atoms with van der Waals surface area (Å²) >= 11 is 10.6. The highest BCUT2D eigenvalue weighted by Crippen LogP contribution is 2.58. The van der Waals surface area contributed by atoms with Crippen molar-refractivity contribution in [2.45, 2.75) is 48.9 Å². The fourth-order valence-corrected chi connectivity index (χ4v) is 2.46. The molecule has 22 heavy (non-hydrogen) atoms. The van der Waals surface area contributed by atoms with Crippen LogP contribution in [0.1, 0.15) is 6.42 Å². The van der Waals surface area contributed by atoms with Gasteiger partial charge in [0, 0.05) is 6.42 Å². The molecule has 0 N–H and O–H groups in total. The molecule has 0 fully saturated rings. The van der Waals surface area contributed by atoms with Crippen LogP contribution in [0.15, 0.2) is 0 Å². The molecule has 0 radical (unpaired) electrons. The number of halogens is 13. The molecule has 0 atom stereocenters. The quantitative estimate of drug-likeness (QED) is 0.285. The summed E-state index contributed by atoms with van der Waals surface area (Å²) in [6.07, 6.45) is -9.34. The SMILES string of the molecule is C[Si](Cl)(Cl)CCC(F)(F)C(F)(F)C(F)(F)C(F)(F)C(F)(F)F. The lowest BCUT2D eigenvalue weighted by atomic mass is 9.96. The Kier molecular flexibility index (Phi) is 5.84. The smallest absolute Gasteiger partial charge is 0.200 e. The summed E-state index contributed by atoms with van der Waals surface area (Å²) < 4.78 is 138. The zero-order valence-corrected chi connectivity index (χ0v) is 12.8. The lowest BCUT2D eigenvalue weighted by Gasteiger charge is -2.37. The van der Waals surface area contributed by atoms with Gasteiger partial charge in [0.1, 0.15) is 0 Å². The molecule has 0 nitrogen and oxygen atoms in total. The van der Waals surface area contributed by atoms with Gasteiger partial charge in [-0.15, -0.1) is 22.2 Å². The molecule has 0 heterocycles. The second kappa shape index (κ2) is 5.83. The minimum Gasteiger partial charge on any atom is -0.200 e. The van der Waals surface area contributed by atoms with E-state index >= 15 is 0 Å². The van der Waals surface area contributed by atoms with Crippen LogP contribution in [-0.4, -0.2) is 36.6 Å². The highest BCUT2D eigenvalue weighted by Gasteiger charge is 2.86. The van der Waals surface area contributed by atoms with E-state index in [2.05, 4.69) is 0 Å². The first kappa shape index (κ1) is 22.0. The molecule has 0 aliphatic carbocycles. The molecule has 0 amide bonds. The van der Waals surface area contributed by atoms with Gasteiger partial charge in [0.2, 0.25) is 6.69 Å². The third kappa shape index (κ3) is 3.92. The Balaban J connectivity index is 5.69. The van der Waals surface area contributed by atoms with E-state index in [9.17, 15) is 48.3 Å². The van der Waals surface area contributed by atoms with Crippen molar-refractivity contribution in [2.24, 2.45) is 0 Å². The molecule has 0 aliphatic heterocycles. The van der Waals surface area contributed by atoms with Crippen LogP contribution < -0.4 is 0 Å². The number of hydrogen-bond acceptors (Lipinski definition) is 0. The van der Waals surface area contributed by atoms with Gasteiger partial charge in [0.05, 0.1) is 0 Å². The van der Waals surface area contributed by atoms with Gasteiger partial charge in [0.15, 0.2) is 0 Å². The number of rotatable bonds is 6. The van der Waals surface area contributed by atoms with E-state index in [1.54, 1.807) is 0 Å². The van der Waals surface area contributed by atoms with Crippen LogP contribution in [0.4, 0.5) is 48.3 Å². The van der Waals surface area contributed by atoms with Crippen LogP contribution in [0.2, 0.25) is 12.6 Å². The lowest BCUT2D eigenvalue weighted by molar-refractivity contribution is -0.422. The molecule has 0 unspecified atom stereocenters. The minimum atomic E-state index is -7.38. The Labute approximate surface area is 127 Å². The number of alkyl halides is 11. The van der Waals surface area contributed by atoms with Crippen molar-refractivity contribution < 1.29 is 48.3 Å². The van der Waals surface area contributed by atoms with Crippen LogP contribution in [0.25, 0.3) is 0 Å². The first-order chi connectivity index (χ1) is 9.21. The molecule has 14 heteroatoms. The standard InChI is InChI=1S/C8H7Cl2F11Si/c1-22(9,10)3-2-4(11,12)5(13,14)6(15,16)7(17,18)8(19,20)21/h2-3H2,1H3. The van der Waals surface area contributed by atoms with Crippen LogP contribution in [0.3, 0.4) is 0 Å². The summed E-state index contributed by atoms with van der Waals surface area (Å²) in [5.41, 5.74) is 0. The molecule has 0 saturated carbocycles. The average Bonchev–Trinajstić information content (AvgIpc) is 2.23. The zero-order chi connectivity index (χ0) is 18.4. The van der Waals surface area contributed by atoms with Gasteiger partial charge >= 0.3 is 29.9 Å². The third-order valence-electron chi connectivity index (χ3n) is 2.48. The van der Waals surface area contributed by atoms with E-state index in [1.165, 1.54) is 0 Å². The van der Waals surface area contributed by atoms with Crippen molar-refractivity contribution in [3.8, 4) is 0 Å². The van der Waals surface area contributed by atoms with Crippen LogP contribution in [-0.2, 0) is 0 Å². The summed E-state index contributed by atoms with van der Waals surface area (Å²) in [7, 11) is 0. The zero-order valence-electron chi connectivity index (χ0n) is 10.3. The highest BCUT2D eigenvalue weighted by atomic mass is 35.7. The van der Waals surface area contributed by atoms with Crippen LogP contribution >= 0.6 is 22.2 Å². The lowest BCUT2D eigenvalue weighted by Crippen LogP contribution is -2.66. The summed E-state index contributed by atoms with van der Waals surface area (Å²) in [6.45, 7) is -2.57. The average molecular weight is 411 g/mol. The van der Waals surface area contributed by atoms with Crippen molar-refractivity contribution >= 4 is 28.9 Å². The van der Waals surface area contributed by atoms with E-state index in [1.807, 2.05) is 0 Å². The molecular formula is C8H7Cl2F11Si. The van der Waals surface area contributed by atoms with Crippen molar-refractivity contribution in [1.29, 1.82) is 0 Å². The topological polar surface area (TPSA) is 0 Å². The second-order valence-corrected chi connectivity index (χ2v) is 12.7.